The highest BCUT2D eigenvalue weighted by Crippen LogP contribution is 2.41. The lowest BCUT2D eigenvalue weighted by Crippen LogP contribution is -2.31. The van der Waals surface area contributed by atoms with Crippen molar-refractivity contribution in [2.45, 2.75) is 30.6 Å². The van der Waals surface area contributed by atoms with Crippen molar-refractivity contribution in [1.82, 2.24) is 0 Å². The minimum Gasteiger partial charge on any atom is -0.477 e. The Labute approximate surface area is 115 Å². The first-order valence-electron chi connectivity index (χ1n) is 5.85. The molecule has 0 atom stereocenters. The van der Waals surface area contributed by atoms with Gasteiger partial charge in [0.2, 0.25) is 0 Å². The number of benzene rings is 1. The van der Waals surface area contributed by atoms with Crippen molar-refractivity contribution in [3.63, 3.8) is 0 Å². The second-order valence-electron chi connectivity index (χ2n) is 5.38. The summed E-state index contributed by atoms with van der Waals surface area (Å²) < 4.78 is 24.1. The number of nitro benzene ring substituents is 1. The van der Waals surface area contributed by atoms with Crippen molar-refractivity contribution in [1.29, 1.82) is 0 Å². The molecule has 0 unspecified atom stereocenters. The molecular weight excluding hydrogens is 286 g/mol. The standard InChI is InChI=1S/C12H13NO6S/c1-12(2)3-4-20(18,19)10-6-9(13(16)17)7(11(14)15)5-8(10)12/h5-6H,3-4H2,1-2H3,(H,14,15). The normalized spacial score (nSPS) is 19.1. The highest BCUT2D eigenvalue weighted by molar-refractivity contribution is 7.91. The highest BCUT2D eigenvalue weighted by atomic mass is 32.2. The average molecular weight is 299 g/mol. The minimum absolute atomic E-state index is 0.101. The molecule has 1 aromatic rings. The molecule has 108 valence electrons. The number of nitro groups is 1. The third-order valence-electron chi connectivity index (χ3n) is 3.58. The second-order valence-corrected chi connectivity index (χ2v) is 7.46. The van der Waals surface area contributed by atoms with Crippen molar-refractivity contribution >= 4 is 21.5 Å². The summed E-state index contributed by atoms with van der Waals surface area (Å²) in [5.41, 5.74) is -1.40. The van der Waals surface area contributed by atoms with Gasteiger partial charge in [-0.1, -0.05) is 13.8 Å². The predicted molar refractivity (Wildman–Crippen MR) is 69.8 cm³/mol. The zero-order chi connectivity index (χ0) is 15.3. The molecule has 1 N–H and O–H groups in total. The SMILES string of the molecule is CC1(C)CCS(=O)(=O)c2cc([N+](=O)[O-])c(C(=O)O)cc21. The van der Waals surface area contributed by atoms with Gasteiger partial charge in [0.15, 0.2) is 9.84 Å². The van der Waals surface area contributed by atoms with Crippen LogP contribution in [0.25, 0.3) is 0 Å². The predicted octanol–water partition coefficient (Wildman–Crippen LogP) is 1.75. The molecule has 8 heteroatoms. The number of fused-ring (bicyclic) bond motifs is 1. The van der Waals surface area contributed by atoms with Gasteiger partial charge in [-0.3, -0.25) is 10.1 Å². The summed E-state index contributed by atoms with van der Waals surface area (Å²) in [6.45, 7) is 3.58. The molecule has 1 aromatic carbocycles. The van der Waals surface area contributed by atoms with Crippen LogP contribution in [-0.2, 0) is 15.3 Å². The molecule has 1 aliphatic heterocycles. The van der Waals surface area contributed by atoms with Gasteiger partial charge in [-0.2, -0.15) is 0 Å². The Morgan fingerprint density at radius 3 is 2.50 bits per heavy atom. The average Bonchev–Trinajstić information content (AvgIpc) is 2.33. The Hall–Kier alpha value is -1.96. The van der Waals surface area contributed by atoms with Gasteiger partial charge in [0.1, 0.15) is 5.56 Å². The molecule has 7 nitrogen and oxygen atoms in total. The molecule has 0 bridgehead atoms. The molecule has 1 aliphatic rings. The molecule has 0 amide bonds. The number of aromatic carboxylic acids is 1. The topological polar surface area (TPSA) is 115 Å². The van der Waals surface area contributed by atoms with Crippen molar-refractivity contribution in [2.24, 2.45) is 0 Å². The van der Waals surface area contributed by atoms with Gasteiger partial charge in [0.05, 0.1) is 15.6 Å². The largest absolute Gasteiger partial charge is 0.477 e. The molecule has 2 rings (SSSR count). The number of carboxylic acids is 1. The van der Waals surface area contributed by atoms with Crippen LogP contribution in [0.2, 0.25) is 0 Å². The van der Waals surface area contributed by atoms with Crippen LogP contribution in [0.15, 0.2) is 17.0 Å². The van der Waals surface area contributed by atoms with Gasteiger partial charge in [0.25, 0.3) is 5.69 Å². The van der Waals surface area contributed by atoms with E-state index in [1.807, 2.05) is 0 Å². The van der Waals surface area contributed by atoms with Crippen LogP contribution < -0.4 is 0 Å². The van der Waals surface area contributed by atoms with E-state index in [9.17, 15) is 23.3 Å². The van der Waals surface area contributed by atoms with Crippen LogP contribution in [0.5, 0.6) is 0 Å². The maximum Gasteiger partial charge on any atom is 0.342 e. The summed E-state index contributed by atoms with van der Waals surface area (Å²) in [7, 11) is -3.61. The number of sulfone groups is 1. The minimum atomic E-state index is -3.61. The number of hydrogen-bond acceptors (Lipinski definition) is 5. The zero-order valence-electron chi connectivity index (χ0n) is 10.9. The smallest absolute Gasteiger partial charge is 0.342 e. The van der Waals surface area contributed by atoms with Crippen molar-refractivity contribution in [3.05, 3.63) is 33.4 Å². The third-order valence-corrected chi connectivity index (χ3v) is 5.33. The molecular formula is C12H13NO6S. The van der Waals surface area contributed by atoms with Crippen LogP contribution in [0.1, 0.15) is 36.2 Å². The second kappa shape index (κ2) is 4.27. The summed E-state index contributed by atoms with van der Waals surface area (Å²) in [6.07, 6.45) is 0.346. The van der Waals surface area contributed by atoms with Crippen LogP contribution in [0, 0.1) is 10.1 Å². The van der Waals surface area contributed by atoms with E-state index in [1.165, 1.54) is 0 Å². The molecule has 0 saturated heterocycles. The van der Waals surface area contributed by atoms with Gasteiger partial charge < -0.3 is 5.11 Å². The maximum atomic E-state index is 12.0. The fourth-order valence-corrected chi connectivity index (χ4v) is 4.27. The number of rotatable bonds is 2. The van der Waals surface area contributed by atoms with E-state index in [1.54, 1.807) is 13.8 Å². The number of hydrogen-bond donors (Lipinski definition) is 1. The Morgan fingerprint density at radius 1 is 1.40 bits per heavy atom. The molecule has 0 aromatic heterocycles. The zero-order valence-corrected chi connectivity index (χ0v) is 11.7. The summed E-state index contributed by atoms with van der Waals surface area (Å²) in [5, 5.41) is 20.0. The van der Waals surface area contributed by atoms with Gasteiger partial charge in [-0.25, -0.2) is 13.2 Å². The molecule has 20 heavy (non-hydrogen) atoms. The van der Waals surface area contributed by atoms with E-state index in [0.717, 1.165) is 12.1 Å². The number of carbonyl (C=O) groups is 1. The van der Waals surface area contributed by atoms with Crippen LogP contribution in [0.4, 0.5) is 5.69 Å². The summed E-state index contributed by atoms with van der Waals surface area (Å²) in [4.78, 5) is 21.1. The monoisotopic (exact) mass is 299 g/mol. The van der Waals surface area contributed by atoms with Crippen LogP contribution in [-0.4, -0.2) is 30.2 Å². The van der Waals surface area contributed by atoms with E-state index in [4.69, 9.17) is 5.11 Å². The molecule has 0 spiro atoms. The third kappa shape index (κ3) is 2.15. The number of nitrogens with zero attached hydrogens (tertiary/aromatic N) is 1. The van der Waals surface area contributed by atoms with Crippen molar-refractivity contribution in [3.8, 4) is 0 Å². The maximum absolute atomic E-state index is 12.0. The lowest BCUT2D eigenvalue weighted by molar-refractivity contribution is -0.385. The molecule has 0 aliphatic carbocycles. The van der Waals surface area contributed by atoms with E-state index in [2.05, 4.69) is 0 Å². The van der Waals surface area contributed by atoms with Crippen LogP contribution >= 0.6 is 0 Å². The highest BCUT2D eigenvalue weighted by Gasteiger charge is 2.38. The van der Waals surface area contributed by atoms with Crippen molar-refractivity contribution in [2.75, 3.05) is 5.75 Å². The van der Waals surface area contributed by atoms with Crippen molar-refractivity contribution < 1.29 is 23.2 Å². The fourth-order valence-electron chi connectivity index (χ4n) is 2.31. The molecule has 0 saturated carbocycles. The van der Waals surface area contributed by atoms with Gasteiger partial charge >= 0.3 is 5.97 Å². The Kier molecular flexibility index (Phi) is 3.09. The fraction of sp³-hybridized carbons (Fsp3) is 0.417. The van der Waals surface area contributed by atoms with E-state index in [0.29, 0.717) is 12.0 Å². The molecule has 1 heterocycles. The van der Waals surface area contributed by atoms with E-state index < -0.39 is 37.4 Å². The van der Waals surface area contributed by atoms with E-state index in [-0.39, 0.29) is 10.6 Å². The Morgan fingerprint density at radius 2 is 2.00 bits per heavy atom. The Balaban J connectivity index is 2.88. The summed E-state index contributed by atoms with van der Waals surface area (Å²) >= 11 is 0. The first-order valence-corrected chi connectivity index (χ1v) is 7.50. The quantitative estimate of drug-likeness (QED) is 0.657. The van der Waals surface area contributed by atoms with Crippen LogP contribution in [0.3, 0.4) is 0 Å². The first-order chi connectivity index (χ1) is 9.06. The lowest BCUT2D eigenvalue weighted by atomic mass is 9.81. The summed E-state index contributed by atoms with van der Waals surface area (Å²) in [5.74, 6) is -1.55. The summed E-state index contributed by atoms with van der Waals surface area (Å²) in [6, 6.07) is 1.99. The van der Waals surface area contributed by atoms with Gasteiger partial charge in [-0.05, 0) is 23.5 Å². The van der Waals surface area contributed by atoms with E-state index >= 15 is 0 Å². The molecule has 0 radical (unpaired) electrons. The first kappa shape index (κ1) is 14.4. The van der Waals surface area contributed by atoms with Gasteiger partial charge in [-0.15, -0.1) is 0 Å². The molecule has 0 fully saturated rings. The van der Waals surface area contributed by atoms with Gasteiger partial charge in [0, 0.05) is 6.07 Å². The lowest BCUT2D eigenvalue weighted by Gasteiger charge is -2.32. The number of carboxylic acid groups (broad SMARTS) is 1. The Bertz CT molecular complexity index is 720.